The lowest BCUT2D eigenvalue weighted by atomic mass is 10.1. The minimum absolute atomic E-state index is 0.380. The maximum atomic E-state index is 5.46. The van der Waals surface area contributed by atoms with Gasteiger partial charge in [0.05, 0.1) is 7.11 Å². The highest BCUT2D eigenvalue weighted by Gasteiger charge is 2.08. The molecule has 0 aromatic heterocycles. The predicted molar refractivity (Wildman–Crippen MR) is 86.1 cm³/mol. The van der Waals surface area contributed by atoms with Gasteiger partial charge in [-0.3, -0.25) is 0 Å². The van der Waals surface area contributed by atoms with Gasteiger partial charge in [-0.1, -0.05) is 19.9 Å². The number of nitrogens with one attached hydrogen (secondary N) is 1. The fraction of sp³-hybridized carbons (Fsp3) is 0.625. The quantitative estimate of drug-likeness (QED) is 0.720. The Morgan fingerprint density at radius 1 is 1.26 bits per heavy atom. The lowest BCUT2D eigenvalue weighted by Crippen LogP contribution is -2.12. The molecule has 0 amide bonds. The summed E-state index contributed by atoms with van der Waals surface area (Å²) in [6.07, 6.45) is 1.28. The third-order valence-corrected chi connectivity index (χ3v) is 4.37. The van der Waals surface area contributed by atoms with E-state index in [9.17, 15) is 0 Å². The molecule has 0 radical (unpaired) electrons. The highest BCUT2D eigenvalue weighted by Crippen LogP contribution is 2.27. The van der Waals surface area contributed by atoms with Crippen molar-refractivity contribution < 1.29 is 4.74 Å². The van der Waals surface area contributed by atoms with Gasteiger partial charge in [-0.25, -0.2) is 0 Å². The third-order valence-electron chi connectivity index (χ3n) is 3.33. The van der Waals surface area contributed by atoms with Crippen molar-refractivity contribution in [2.24, 2.45) is 5.92 Å². The van der Waals surface area contributed by atoms with Crippen molar-refractivity contribution in [3.8, 4) is 5.75 Å². The van der Waals surface area contributed by atoms with Gasteiger partial charge in [0.15, 0.2) is 0 Å². The van der Waals surface area contributed by atoms with Crippen molar-refractivity contribution >= 4 is 11.8 Å². The van der Waals surface area contributed by atoms with E-state index in [0.717, 1.165) is 17.4 Å². The SMILES string of the molecule is CNC(C)c1ccc(OC)c(CSCCC(C)C)c1. The molecule has 19 heavy (non-hydrogen) atoms. The first kappa shape index (κ1) is 16.4. The molecule has 3 heteroatoms. The van der Waals surface area contributed by atoms with Gasteiger partial charge in [0.2, 0.25) is 0 Å². The van der Waals surface area contributed by atoms with Gasteiger partial charge in [-0.15, -0.1) is 0 Å². The molecule has 1 unspecified atom stereocenters. The van der Waals surface area contributed by atoms with Gasteiger partial charge in [0.25, 0.3) is 0 Å². The van der Waals surface area contributed by atoms with Crippen LogP contribution >= 0.6 is 11.8 Å². The lowest BCUT2D eigenvalue weighted by molar-refractivity contribution is 0.411. The molecule has 0 fully saturated rings. The fourth-order valence-corrected chi connectivity index (χ4v) is 3.08. The second-order valence-electron chi connectivity index (χ2n) is 5.32. The van der Waals surface area contributed by atoms with E-state index in [4.69, 9.17) is 4.74 Å². The minimum atomic E-state index is 0.380. The summed E-state index contributed by atoms with van der Waals surface area (Å²) in [5, 5.41) is 3.28. The van der Waals surface area contributed by atoms with E-state index in [1.165, 1.54) is 23.3 Å². The van der Waals surface area contributed by atoms with Crippen LogP contribution in [0.5, 0.6) is 5.75 Å². The van der Waals surface area contributed by atoms with E-state index in [0.29, 0.717) is 6.04 Å². The standard InChI is InChI=1S/C16H27NOS/c1-12(2)8-9-19-11-15-10-14(13(3)17-4)6-7-16(15)18-5/h6-7,10,12-13,17H,8-9,11H2,1-5H3. The summed E-state index contributed by atoms with van der Waals surface area (Å²) >= 11 is 1.99. The van der Waals surface area contributed by atoms with Crippen molar-refractivity contribution in [1.29, 1.82) is 0 Å². The molecule has 0 saturated carbocycles. The molecule has 2 nitrogen and oxygen atoms in total. The van der Waals surface area contributed by atoms with Crippen molar-refractivity contribution in [2.75, 3.05) is 19.9 Å². The van der Waals surface area contributed by atoms with Crippen molar-refractivity contribution in [2.45, 2.75) is 39.0 Å². The summed E-state index contributed by atoms with van der Waals surface area (Å²) in [5.41, 5.74) is 2.62. The van der Waals surface area contributed by atoms with Crippen LogP contribution < -0.4 is 10.1 Å². The molecule has 1 aromatic carbocycles. The molecule has 1 N–H and O–H groups in total. The van der Waals surface area contributed by atoms with E-state index >= 15 is 0 Å². The van der Waals surface area contributed by atoms with Crippen LogP contribution in [0.25, 0.3) is 0 Å². The van der Waals surface area contributed by atoms with Gasteiger partial charge in [-0.05, 0) is 49.8 Å². The second-order valence-corrected chi connectivity index (χ2v) is 6.42. The Hall–Kier alpha value is -0.670. The summed E-state index contributed by atoms with van der Waals surface area (Å²) in [6.45, 7) is 6.73. The molecule has 1 aromatic rings. The van der Waals surface area contributed by atoms with Crippen molar-refractivity contribution in [3.05, 3.63) is 29.3 Å². The van der Waals surface area contributed by atoms with Crippen LogP contribution in [-0.2, 0) is 5.75 Å². The molecule has 108 valence electrons. The van der Waals surface area contributed by atoms with E-state index in [2.05, 4.69) is 44.3 Å². The molecule has 0 aliphatic carbocycles. The summed E-state index contributed by atoms with van der Waals surface area (Å²) in [6, 6.07) is 6.87. The van der Waals surface area contributed by atoms with Crippen LogP contribution in [0.3, 0.4) is 0 Å². The Morgan fingerprint density at radius 2 is 2.00 bits per heavy atom. The van der Waals surface area contributed by atoms with Crippen LogP contribution in [0.2, 0.25) is 0 Å². The summed E-state index contributed by atoms with van der Waals surface area (Å²) in [5.74, 6) is 4.03. The van der Waals surface area contributed by atoms with Crippen molar-refractivity contribution in [3.63, 3.8) is 0 Å². The molecular weight excluding hydrogens is 254 g/mol. The largest absolute Gasteiger partial charge is 0.496 e. The molecule has 0 bridgehead atoms. The number of methoxy groups -OCH3 is 1. The highest BCUT2D eigenvalue weighted by molar-refractivity contribution is 7.98. The Morgan fingerprint density at radius 3 is 2.58 bits per heavy atom. The summed E-state index contributed by atoms with van der Waals surface area (Å²) < 4.78 is 5.46. The van der Waals surface area contributed by atoms with Gasteiger partial charge >= 0.3 is 0 Å². The molecule has 0 spiro atoms. The number of benzene rings is 1. The average molecular weight is 281 g/mol. The van der Waals surface area contributed by atoms with Crippen LogP contribution in [0, 0.1) is 5.92 Å². The number of ether oxygens (including phenoxy) is 1. The lowest BCUT2D eigenvalue weighted by Gasteiger charge is -2.15. The van der Waals surface area contributed by atoms with Crippen molar-refractivity contribution in [1.82, 2.24) is 5.32 Å². The third kappa shape index (κ3) is 5.45. The van der Waals surface area contributed by atoms with Crippen LogP contribution in [0.4, 0.5) is 0 Å². The molecule has 0 heterocycles. The van der Waals surface area contributed by atoms with E-state index in [1.54, 1.807) is 7.11 Å². The highest BCUT2D eigenvalue weighted by atomic mass is 32.2. The van der Waals surface area contributed by atoms with Crippen LogP contribution in [-0.4, -0.2) is 19.9 Å². The second kappa shape index (κ2) is 8.49. The number of rotatable bonds is 8. The number of thioether (sulfide) groups is 1. The Balaban J connectivity index is 2.67. The zero-order chi connectivity index (χ0) is 14.3. The zero-order valence-electron chi connectivity index (χ0n) is 12.8. The molecule has 0 aliphatic rings. The maximum absolute atomic E-state index is 5.46. The fourth-order valence-electron chi connectivity index (χ4n) is 1.85. The topological polar surface area (TPSA) is 21.3 Å². The van der Waals surface area contributed by atoms with E-state index in [1.807, 2.05) is 18.8 Å². The van der Waals surface area contributed by atoms with Gasteiger partial charge in [0.1, 0.15) is 5.75 Å². The molecule has 0 aliphatic heterocycles. The maximum Gasteiger partial charge on any atom is 0.122 e. The predicted octanol–water partition coefficient (Wildman–Crippen LogP) is 4.25. The van der Waals surface area contributed by atoms with Crippen LogP contribution in [0.1, 0.15) is 44.4 Å². The van der Waals surface area contributed by atoms with Gasteiger partial charge in [0, 0.05) is 17.4 Å². The van der Waals surface area contributed by atoms with Crippen LogP contribution in [0.15, 0.2) is 18.2 Å². The van der Waals surface area contributed by atoms with E-state index < -0.39 is 0 Å². The first-order valence-corrected chi connectivity index (χ1v) is 8.15. The monoisotopic (exact) mass is 281 g/mol. The smallest absolute Gasteiger partial charge is 0.122 e. The van der Waals surface area contributed by atoms with Gasteiger partial charge in [-0.2, -0.15) is 11.8 Å². The first-order chi connectivity index (χ1) is 9.08. The summed E-state index contributed by atoms with van der Waals surface area (Å²) in [7, 11) is 3.74. The number of hydrogen-bond donors (Lipinski definition) is 1. The molecule has 0 saturated heterocycles. The molecule has 1 atom stereocenters. The normalized spacial score (nSPS) is 12.7. The Kier molecular flexibility index (Phi) is 7.32. The Labute approximate surface area is 122 Å². The zero-order valence-corrected chi connectivity index (χ0v) is 13.6. The summed E-state index contributed by atoms with van der Waals surface area (Å²) in [4.78, 5) is 0. The number of hydrogen-bond acceptors (Lipinski definition) is 3. The van der Waals surface area contributed by atoms with E-state index in [-0.39, 0.29) is 0 Å². The molecular formula is C16H27NOS. The van der Waals surface area contributed by atoms with Gasteiger partial charge < -0.3 is 10.1 Å². The minimum Gasteiger partial charge on any atom is -0.496 e. The molecule has 1 rings (SSSR count). The average Bonchev–Trinajstić information content (AvgIpc) is 2.42. The first-order valence-electron chi connectivity index (χ1n) is 7.00. The Bertz CT molecular complexity index is 379.